The summed E-state index contributed by atoms with van der Waals surface area (Å²) in [6, 6.07) is 11.9. The largest absolute Gasteiger partial charge is 0.378 e. The monoisotopic (exact) mass is 459 g/mol. The number of benzene rings is 2. The zero-order valence-corrected chi connectivity index (χ0v) is 19.2. The Morgan fingerprint density at radius 3 is 2.68 bits per heavy atom. The number of aromatic nitrogens is 1. The third-order valence-electron chi connectivity index (χ3n) is 6.57. The van der Waals surface area contributed by atoms with E-state index in [4.69, 9.17) is 4.74 Å². The van der Waals surface area contributed by atoms with Crippen LogP contribution in [0.25, 0.3) is 22.8 Å². The molecule has 34 heavy (non-hydrogen) atoms. The number of anilines is 1. The molecular formula is C27H26FN3O3. The Morgan fingerprint density at radius 2 is 1.91 bits per heavy atom. The molecule has 0 saturated carbocycles. The highest BCUT2D eigenvalue weighted by Crippen LogP contribution is 2.41. The molecule has 2 aliphatic heterocycles. The predicted octanol–water partition coefficient (Wildman–Crippen LogP) is 4.33. The molecule has 1 aromatic heterocycles. The normalized spacial score (nSPS) is 16.6. The lowest BCUT2D eigenvalue weighted by Crippen LogP contribution is -2.41. The number of hydrogen-bond donors (Lipinski definition) is 2. The lowest BCUT2D eigenvalue weighted by Gasteiger charge is -2.27. The molecule has 1 saturated heterocycles. The number of H-pyrrole nitrogens is 1. The number of halogens is 1. The molecule has 0 atom stereocenters. The molecule has 3 heterocycles. The van der Waals surface area contributed by atoms with Gasteiger partial charge in [0.15, 0.2) is 0 Å². The van der Waals surface area contributed by atoms with Crippen molar-refractivity contribution in [2.24, 2.45) is 0 Å². The van der Waals surface area contributed by atoms with Gasteiger partial charge in [-0.25, -0.2) is 4.39 Å². The number of fused-ring (bicyclic) bond motifs is 1. The van der Waals surface area contributed by atoms with Crippen LogP contribution >= 0.6 is 0 Å². The first-order valence-electron chi connectivity index (χ1n) is 11.4. The van der Waals surface area contributed by atoms with E-state index >= 15 is 0 Å². The standard InChI is InChI=1S/C27H26FN3O3/c1-16-21(15-25(32)31-9-11-34-12-10-31)17(2)29-24(16)14-22-26-20(18-5-3-6-19(28)13-18)7-4-8-23(26)30-27(22)33/h3-8,13-14,29H,9-12,15H2,1-2H3,(H,30,33)/b22-14-. The smallest absolute Gasteiger partial charge is 0.256 e. The molecule has 0 unspecified atom stereocenters. The van der Waals surface area contributed by atoms with E-state index in [2.05, 4.69) is 10.3 Å². The average Bonchev–Trinajstić information content (AvgIpc) is 3.30. The van der Waals surface area contributed by atoms with Crippen LogP contribution in [0.5, 0.6) is 0 Å². The maximum absolute atomic E-state index is 13.9. The number of carbonyl (C=O) groups excluding carboxylic acids is 2. The number of nitrogens with one attached hydrogen (secondary N) is 2. The van der Waals surface area contributed by atoms with Crippen molar-refractivity contribution in [1.29, 1.82) is 0 Å². The van der Waals surface area contributed by atoms with Crippen LogP contribution in [0.4, 0.5) is 10.1 Å². The van der Waals surface area contributed by atoms with Gasteiger partial charge in [-0.2, -0.15) is 0 Å². The van der Waals surface area contributed by atoms with Crippen molar-refractivity contribution >= 4 is 29.2 Å². The zero-order valence-electron chi connectivity index (χ0n) is 19.2. The van der Waals surface area contributed by atoms with E-state index in [1.54, 1.807) is 6.07 Å². The summed E-state index contributed by atoms with van der Waals surface area (Å²) < 4.78 is 19.3. The number of ether oxygens (including phenoxy) is 1. The Balaban J connectivity index is 1.52. The highest BCUT2D eigenvalue weighted by Gasteiger charge is 2.28. The fourth-order valence-electron chi connectivity index (χ4n) is 4.73. The number of nitrogens with zero attached hydrogens (tertiary/aromatic N) is 1. The second-order valence-electron chi connectivity index (χ2n) is 8.69. The van der Waals surface area contributed by atoms with Gasteiger partial charge in [0, 0.05) is 35.7 Å². The van der Waals surface area contributed by atoms with Crippen LogP contribution in [-0.2, 0) is 20.7 Å². The number of rotatable bonds is 4. The fourth-order valence-corrected chi connectivity index (χ4v) is 4.73. The van der Waals surface area contributed by atoms with Gasteiger partial charge in [-0.05, 0) is 60.4 Å². The highest BCUT2D eigenvalue weighted by atomic mass is 19.1. The summed E-state index contributed by atoms with van der Waals surface area (Å²) in [5.41, 5.74) is 7.01. The third-order valence-corrected chi connectivity index (χ3v) is 6.57. The molecular weight excluding hydrogens is 433 g/mol. The summed E-state index contributed by atoms with van der Waals surface area (Å²) >= 11 is 0. The summed E-state index contributed by atoms with van der Waals surface area (Å²) in [6.45, 7) is 6.25. The molecule has 6 nitrogen and oxygen atoms in total. The van der Waals surface area contributed by atoms with E-state index in [1.165, 1.54) is 12.1 Å². The van der Waals surface area contributed by atoms with E-state index < -0.39 is 0 Å². The molecule has 2 N–H and O–H groups in total. The van der Waals surface area contributed by atoms with E-state index in [9.17, 15) is 14.0 Å². The van der Waals surface area contributed by atoms with E-state index in [-0.39, 0.29) is 17.6 Å². The topological polar surface area (TPSA) is 74.4 Å². The highest BCUT2D eigenvalue weighted by molar-refractivity contribution is 6.36. The molecule has 0 spiro atoms. The van der Waals surface area contributed by atoms with Crippen molar-refractivity contribution in [3.8, 4) is 11.1 Å². The molecule has 3 aromatic rings. The summed E-state index contributed by atoms with van der Waals surface area (Å²) in [5, 5.41) is 2.92. The summed E-state index contributed by atoms with van der Waals surface area (Å²) in [5.74, 6) is -0.468. The van der Waals surface area contributed by atoms with E-state index in [1.807, 2.05) is 49.1 Å². The molecule has 2 amide bonds. The summed E-state index contributed by atoms with van der Waals surface area (Å²) in [4.78, 5) is 30.9. The zero-order chi connectivity index (χ0) is 23.8. The van der Waals surface area contributed by atoms with Gasteiger partial charge in [0.1, 0.15) is 5.82 Å². The van der Waals surface area contributed by atoms with Crippen LogP contribution in [0, 0.1) is 19.7 Å². The minimum absolute atomic E-state index is 0.0741. The van der Waals surface area contributed by atoms with Gasteiger partial charge in [-0.1, -0.05) is 24.3 Å². The lowest BCUT2D eigenvalue weighted by atomic mass is 9.94. The van der Waals surface area contributed by atoms with Crippen molar-refractivity contribution < 1.29 is 18.7 Å². The molecule has 0 bridgehead atoms. The number of aryl methyl sites for hydroxylation is 1. The van der Waals surface area contributed by atoms with Crippen LogP contribution in [-0.4, -0.2) is 48.0 Å². The van der Waals surface area contributed by atoms with Crippen LogP contribution < -0.4 is 5.32 Å². The number of carbonyl (C=O) groups is 2. The number of hydrogen-bond acceptors (Lipinski definition) is 3. The number of amides is 2. The average molecular weight is 460 g/mol. The van der Waals surface area contributed by atoms with E-state index in [0.717, 1.165) is 33.6 Å². The minimum Gasteiger partial charge on any atom is -0.378 e. The Kier molecular flexibility index (Phi) is 5.79. The predicted molar refractivity (Wildman–Crippen MR) is 130 cm³/mol. The summed E-state index contributed by atoms with van der Waals surface area (Å²) in [6.07, 6.45) is 2.13. The van der Waals surface area contributed by atoms with Crippen LogP contribution in [0.15, 0.2) is 42.5 Å². The molecule has 1 fully saturated rings. The van der Waals surface area contributed by atoms with Crippen molar-refractivity contribution in [3.05, 3.63) is 76.4 Å². The van der Waals surface area contributed by atoms with Crippen LogP contribution in [0.3, 0.4) is 0 Å². The van der Waals surface area contributed by atoms with Gasteiger partial charge in [-0.3, -0.25) is 9.59 Å². The Morgan fingerprint density at radius 1 is 1.15 bits per heavy atom. The Bertz CT molecular complexity index is 1320. The molecule has 5 rings (SSSR count). The quantitative estimate of drug-likeness (QED) is 0.571. The van der Waals surface area contributed by atoms with Crippen molar-refractivity contribution in [3.63, 3.8) is 0 Å². The van der Waals surface area contributed by atoms with Crippen molar-refractivity contribution in [1.82, 2.24) is 9.88 Å². The van der Waals surface area contributed by atoms with Gasteiger partial charge < -0.3 is 19.9 Å². The van der Waals surface area contributed by atoms with Crippen LogP contribution in [0.2, 0.25) is 0 Å². The SMILES string of the molecule is Cc1[nH]c(/C=C2\C(=O)Nc3cccc(-c4cccc(F)c4)c32)c(C)c1CC(=O)N1CCOCC1. The Labute approximate surface area is 197 Å². The minimum atomic E-state index is -0.330. The first-order valence-corrected chi connectivity index (χ1v) is 11.4. The number of aromatic amines is 1. The van der Waals surface area contributed by atoms with Gasteiger partial charge in [0.25, 0.3) is 5.91 Å². The van der Waals surface area contributed by atoms with Crippen molar-refractivity contribution in [2.75, 3.05) is 31.6 Å². The molecule has 0 radical (unpaired) electrons. The molecule has 174 valence electrons. The maximum atomic E-state index is 13.9. The maximum Gasteiger partial charge on any atom is 0.256 e. The van der Waals surface area contributed by atoms with Gasteiger partial charge in [-0.15, -0.1) is 0 Å². The Hall–Kier alpha value is -3.71. The first kappa shape index (κ1) is 22.1. The second-order valence-corrected chi connectivity index (χ2v) is 8.69. The first-order chi connectivity index (χ1) is 16.4. The van der Waals surface area contributed by atoms with E-state index in [0.29, 0.717) is 49.5 Å². The van der Waals surface area contributed by atoms with Gasteiger partial charge >= 0.3 is 0 Å². The molecule has 2 aromatic carbocycles. The fraction of sp³-hybridized carbons (Fsp3) is 0.259. The number of morpholine rings is 1. The third kappa shape index (κ3) is 4.03. The summed E-state index contributed by atoms with van der Waals surface area (Å²) in [7, 11) is 0. The van der Waals surface area contributed by atoms with Gasteiger partial charge in [0.2, 0.25) is 5.91 Å². The second kappa shape index (κ2) is 8.91. The van der Waals surface area contributed by atoms with Gasteiger partial charge in [0.05, 0.1) is 25.2 Å². The lowest BCUT2D eigenvalue weighted by molar-refractivity contribution is -0.134. The molecule has 0 aliphatic carbocycles. The molecule has 7 heteroatoms. The molecule has 2 aliphatic rings. The van der Waals surface area contributed by atoms with Crippen molar-refractivity contribution in [2.45, 2.75) is 20.3 Å². The van der Waals surface area contributed by atoms with Crippen LogP contribution in [0.1, 0.15) is 28.1 Å².